The second-order valence-corrected chi connectivity index (χ2v) is 5.75. The van der Waals surface area contributed by atoms with E-state index in [0.29, 0.717) is 25.2 Å². The van der Waals surface area contributed by atoms with Crippen LogP contribution >= 0.6 is 0 Å². The Bertz CT molecular complexity index is 494. The van der Waals surface area contributed by atoms with Gasteiger partial charge < -0.3 is 15.2 Å². The van der Waals surface area contributed by atoms with Crippen molar-refractivity contribution in [3.8, 4) is 5.75 Å². The first-order chi connectivity index (χ1) is 10.6. The van der Waals surface area contributed by atoms with E-state index in [0.717, 1.165) is 18.0 Å². The van der Waals surface area contributed by atoms with Crippen LogP contribution < -0.4 is 10.1 Å². The van der Waals surface area contributed by atoms with Gasteiger partial charge in [-0.2, -0.15) is 0 Å². The smallest absolute Gasteiger partial charge is 0.303 e. The molecule has 0 spiro atoms. The van der Waals surface area contributed by atoms with Crippen LogP contribution in [0.25, 0.3) is 0 Å². The molecular formula is C17H23NO4. The number of carboxylic acids is 1. The Morgan fingerprint density at radius 2 is 1.91 bits per heavy atom. The normalized spacial score (nSPS) is 14.2. The van der Waals surface area contributed by atoms with Gasteiger partial charge in [-0.3, -0.25) is 9.59 Å². The lowest BCUT2D eigenvalue weighted by Gasteiger charge is -2.24. The Morgan fingerprint density at radius 1 is 1.18 bits per heavy atom. The third kappa shape index (κ3) is 5.76. The highest BCUT2D eigenvalue weighted by atomic mass is 16.5. The number of nitrogens with one attached hydrogen (secondary N) is 1. The predicted molar refractivity (Wildman–Crippen MR) is 84.0 cm³/mol. The van der Waals surface area contributed by atoms with Crippen LogP contribution in [-0.2, 0) is 9.59 Å². The highest BCUT2D eigenvalue weighted by molar-refractivity contribution is 5.90. The van der Waals surface area contributed by atoms with Crippen molar-refractivity contribution in [2.24, 2.45) is 5.92 Å². The van der Waals surface area contributed by atoms with Gasteiger partial charge in [0.1, 0.15) is 5.75 Å². The maximum Gasteiger partial charge on any atom is 0.303 e. The molecule has 1 aliphatic carbocycles. The number of carbonyl (C=O) groups is 2. The molecule has 0 atom stereocenters. The summed E-state index contributed by atoms with van der Waals surface area (Å²) in [5, 5.41) is 11.4. The van der Waals surface area contributed by atoms with Gasteiger partial charge in [0, 0.05) is 18.5 Å². The molecule has 5 heteroatoms. The minimum Gasteiger partial charge on any atom is -0.494 e. The molecule has 1 aromatic carbocycles. The van der Waals surface area contributed by atoms with Crippen LogP contribution in [-0.4, -0.2) is 23.6 Å². The van der Waals surface area contributed by atoms with E-state index in [2.05, 4.69) is 5.32 Å². The lowest BCUT2D eigenvalue weighted by atomic mass is 9.82. The molecule has 5 nitrogen and oxygen atoms in total. The molecule has 120 valence electrons. The molecule has 2 rings (SSSR count). The highest BCUT2D eigenvalue weighted by Crippen LogP contribution is 2.30. The van der Waals surface area contributed by atoms with Crippen molar-refractivity contribution in [3.05, 3.63) is 24.3 Å². The molecule has 1 aliphatic rings. The molecule has 1 amide bonds. The second-order valence-electron chi connectivity index (χ2n) is 5.75. The standard InChI is InChI=1S/C17H23NO4/c19-16(11-6-13-3-1-4-13)18-14-7-9-15(10-8-14)22-12-2-5-17(20)21/h7-10,13H,1-6,11-12H2,(H,18,19)(H,20,21). The van der Waals surface area contributed by atoms with Gasteiger partial charge in [-0.1, -0.05) is 19.3 Å². The fourth-order valence-electron chi connectivity index (χ4n) is 2.39. The van der Waals surface area contributed by atoms with Crippen LogP contribution in [0.2, 0.25) is 0 Å². The van der Waals surface area contributed by atoms with Crippen molar-refractivity contribution in [2.75, 3.05) is 11.9 Å². The molecule has 1 fully saturated rings. The summed E-state index contributed by atoms with van der Waals surface area (Å²) in [5.74, 6) is 0.663. The number of hydrogen-bond donors (Lipinski definition) is 2. The number of carboxylic acid groups (broad SMARTS) is 1. The van der Waals surface area contributed by atoms with Crippen molar-refractivity contribution in [1.82, 2.24) is 0 Å². The lowest BCUT2D eigenvalue weighted by Crippen LogP contribution is -2.16. The molecule has 22 heavy (non-hydrogen) atoms. The third-order valence-electron chi connectivity index (χ3n) is 3.95. The minimum absolute atomic E-state index is 0.0574. The largest absolute Gasteiger partial charge is 0.494 e. The van der Waals surface area contributed by atoms with Gasteiger partial charge in [0.25, 0.3) is 0 Å². The summed E-state index contributed by atoms with van der Waals surface area (Å²) in [5.41, 5.74) is 0.761. The van der Waals surface area contributed by atoms with Crippen molar-refractivity contribution in [3.63, 3.8) is 0 Å². The molecule has 0 bridgehead atoms. The minimum atomic E-state index is -0.816. The molecule has 2 N–H and O–H groups in total. The van der Waals surface area contributed by atoms with Crippen LogP contribution in [0.5, 0.6) is 5.75 Å². The summed E-state index contributed by atoms with van der Waals surface area (Å²) < 4.78 is 5.44. The molecule has 0 radical (unpaired) electrons. The highest BCUT2D eigenvalue weighted by Gasteiger charge is 2.18. The molecular weight excluding hydrogens is 282 g/mol. The fourth-order valence-corrected chi connectivity index (χ4v) is 2.39. The van der Waals surface area contributed by atoms with Crippen LogP contribution in [0, 0.1) is 5.92 Å². The van der Waals surface area contributed by atoms with E-state index in [9.17, 15) is 9.59 Å². The Balaban J connectivity index is 1.66. The van der Waals surface area contributed by atoms with E-state index >= 15 is 0 Å². The van der Waals surface area contributed by atoms with Crippen LogP contribution in [0.4, 0.5) is 5.69 Å². The van der Waals surface area contributed by atoms with Gasteiger partial charge in [-0.05, 0) is 43.0 Å². The Kier molecular flexibility index (Phi) is 6.25. The molecule has 0 aliphatic heterocycles. The van der Waals surface area contributed by atoms with Crippen LogP contribution in [0.1, 0.15) is 44.9 Å². The quantitative estimate of drug-likeness (QED) is 0.685. The van der Waals surface area contributed by atoms with Crippen molar-refractivity contribution in [2.45, 2.75) is 44.9 Å². The number of anilines is 1. The van der Waals surface area contributed by atoms with Gasteiger partial charge in [-0.15, -0.1) is 0 Å². The number of rotatable bonds is 9. The fraction of sp³-hybridized carbons (Fsp3) is 0.529. The number of ether oxygens (including phenoxy) is 1. The van der Waals surface area contributed by atoms with Gasteiger partial charge in [0.05, 0.1) is 6.61 Å². The summed E-state index contributed by atoms with van der Waals surface area (Å²) in [6.45, 7) is 0.374. The van der Waals surface area contributed by atoms with E-state index in [1.54, 1.807) is 24.3 Å². The summed E-state index contributed by atoms with van der Waals surface area (Å²) in [7, 11) is 0. The summed E-state index contributed by atoms with van der Waals surface area (Å²) in [4.78, 5) is 22.2. The first-order valence-electron chi connectivity index (χ1n) is 7.88. The maximum absolute atomic E-state index is 11.8. The van der Waals surface area contributed by atoms with E-state index in [-0.39, 0.29) is 12.3 Å². The second kappa shape index (κ2) is 8.41. The van der Waals surface area contributed by atoms with Crippen LogP contribution in [0.15, 0.2) is 24.3 Å². The maximum atomic E-state index is 11.8. The Morgan fingerprint density at radius 3 is 2.50 bits per heavy atom. The SMILES string of the molecule is O=C(O)CCCOc1ccc(NC(=O)CCC2CCC2)cc1. The number of carbonyl (C=O) groups excluding carboxylic acids is 1. The average molecular weight is 305 g/mol. The molecule has 0 unspecified atom stereocenters. The predicted octanol–water partition coefficient (Wildman–Crippen LogP) is 3.45. The number of benzene rings is 1. The summed E-state index contributed by atoms with van der Waals surface area (Å²) in [6, 6.07) is 7.16. The van der Waals surface area contributed by atoms with Crippen LogP contribution in [0.3, 0.4) is 0 Å². The monoisotopic (exact) mass is 305 g/mol. The van der Waals surface area contributed by atoms with Gasteiger partial charge >= 0.3 is 5.97 Å². The molecule has 0 heterocycles. The van der Waals surface area contributed by atoms with Crippen molar-refractivity contribution < 1.29 is 19.4 Å². The molecule has 0 aromatic heterocycles. The van der Waals surface area contributed by atoms with E-state index in [1.807, 2.05) is 0 Å². The lowest BCUT2D eigenvalue weighted by molar-refractivity contribution is -0.137. The van der Waals surface area contributed by atoms with Crippen molar-refractivity contribution in [1.29, 1.82) is 0 Å². The Labute approximate surface area is 130 Å². The van der Waals surface area contributed by atoms with E-state index in [4.69, 9.17) is 9.84 Å². The molecule has 0 saturated heterocycles. The number of aliphatic carboxylic acids is 1. The van der Waals surface area contributed by atoms with E-state index < -0.39 is 5.97 Å². The summed E-state index contributed by atoms with van der Waals surface area (Å²) in [6.07, 6.45) is 5.99. The average Bonchev–Trinajstić information content (AvgIpc) is 2.43. The number of hydrogen-bond acceptors (Lipinski definition) is 3. The molecule has 1 aromatic rings. The zero-order valence-electron chi connectivity index (χ0n) is 12.7. The number of amides is 1. The molecule has 1 saturated carbocycles. The zero-order valence-corrected chi connectivity index (χ0v) is 12.7. The van der Waals surface area contributed by atoms with E-state index in [1.165, 1.54) is 19.3 Å². The topological polar surface area (TPSA) is 75.6 Å². The zero-order chi connectivity index (χ0) is 15.8. The first kappa shape index (κ1) is 16.3. The third-order valence-corrected chi connectivity index (χ3v) is 3.95. The van der Waals surface area contributed by atoms with Crippen molar-refractivity contribution >= 4 is 17.6 Å². The van der Waals surface area contributed by atoms with Gasteiger partial charge in [-0.25, -0.2) is 0 Å². The van der Waals surface area contributed by atoms with Gasteiger partial charge in [0.15, 0.2) is 0 Å². The first-order valence-corrected chi connectivity index (χ1v) is 7.88. The van der Waals surface area contributed by atoms with Gasteiger partial charge in [0.2, 0.25) is 5.91 Å². The summed E-state index contributed by atoms with van der Waals surface area (Å²) >= 11 is 0. The Hall–Kier alpha value is -2.04.